The number of rotatable bonds is 1. The van der Waals surface area contributed by atoms with Gasteiger partial charge >= 0.3 is 0 Å². The van der Waals surface area contributed by atoms with Gasteiger partial charge in [-0.2, -0.15) is 0 Å². The Kier molecular flexibility index (Phi) is 2.52. The van der Waals surface area contributed by atoms with Crippen molar-refractivity contribution in [2.24, 2.45) is 0 Å². The van der Waals surface area contributed by atoms with Gasteiger partial charge in [0.1, 0.15) is 5.75 Å². The molecule has 0 spiro atoms. The van der Waals surface area contributed by atoms with Crippen LogP contribution in [0.2, 0.25) is 0 Å². The van der Waals surface area contributed by atoms with Crippen molar-refractivity contribution in [2.45, 2.75) is 6.92 Å². The van der Waals surface area contributed by atoms with Crippen LogP contribution >= 0.6 is 0 Å². The molecule has 16 heavy (non-hydrogen) atoms. The highest BCUT2D eigenvalue weighted by atomic mass is 19.1. The lowest BCUT2D eigenvalue weighted by molar-refractivity contribution is 0.430. The van der Waals surface area contributed by atoms with Crippen molar-refractivity contribution in [3.8, 4) is 22.6 Å². The summed E-state index contributed by atoms with van der Waals surface area (Å²) in [5.74, 6) is -0.786. The fourth-order valence-electron chi connectivity index (χ4n) is 1.62. The van der Waals surface area contributed by atoms with Gasteiger partial charge in [0.15, 0.2) is 11.6 Å². The molecule has 0 aliphatic heterocycles. The zero-order valence-electron chi connectivity index (χ0n) is 8.74. The van der Waals surface area contributed by atoms with Crippen molar-refractivity contribution < 1.29 is 14.6 Å². The number of phenols is 2. The SMILES string of the molecule is Cc1c(-c2ccc(O)cc2)ccc(O)c1F. The lowest BCUT2D eigenvalue weighted by Gasteiger charge is -2.08. The summed E-state index contributed by atoms with van der Waals surface area (Å²) >= 11 is 0. The first-order valence-corrected chi connectivity index (χ1v) is 4.87. The second kappa shape index (κ2) is 3.85. The van der Waals surface area contributed by atoms with Gasteiger partial charge in [0.25, 0.3) is 0 Å². The summed E-state index contributed by atoms with van der Waals surface area (Å²) in [4.78, 5) is 0. The lowest BCUT2D eigenvalue weighted by atomic mass is 10.00. The quantitative estimate of drug-likeness (QED) is 0.771. The van der Waals surface area contributed by atoms with Gasteiger partial charge < -0.3 is 10.2 Å². The zero-order valence-corrected chi connectivity index (χ0v) is 8.74. The van der Waals surface area contributed by atoms with E-state index in [0.717, 1.165) is 5.56 Å². The van der Waals surface area contributed by atoms with Crippen molar-refractivity contribution >= 4 is 0 Å². The van der Waals surface area contributed by atoms with Gasteiger partial charge in [-0.3, -0.25) is 0 Å². The molecule has 0 unspecified atom stereocenters. The van der Waals surface area contributed by atoms with Crippen molar-refractivity contribution in [3.05, 3.63) is 47.8 Å². The molecule has 0 bridgehead atoms. The highest BCUT2D eigenvalue weighted by Gasteiger charge is 2.10. The molecule has 0 aliphatic rings. The molecule has 2 aromatic rings. The summed E-state index contributed by atoms with van der Waals surface area (Å²) < 4.78 is 13.5. The van der Waals surface area contributed by atoms with E-state index in [-0.39, 0.29) is 11.5 Å². The van der Waals surface area contributed by atoms with Crippen LogP contribution in [0.1, 0.15) is 5.56 Å². The van der Waals surface area contributed by atoms with Crippen LogP contribution in [0.5, 0.6) is 11.5 Å². The van der Waals surface area contributed by atoms with Gasteiger partial charge in [-0.1, -0.05) is 18.2 Å². The average molecular weight is 218 g/mol. The van der Waals surface area contributed by atoms with Crippen LogP contribution in [-0.4, -0.2) is 10.2 Å². The molecule has 2 N–H and O–H groups in total. The lowest BCUT2D eigenvalue weighted by Crippen LogP contribution is -1.88. The van der Waals surface area contributed by atoms with Crippen LogP contribution in [0.15, 0.2) is 36.4 Å². The minimum atomic E-state index is -0.606. The first-order valence-electron chi connectivity index (χ1n) is 4.87. The van der Waals surface area contributed by atoms with E-state index < -0.39 is 5.82 Å². The molecule has 2 aromatic carbocycles. The Morgan fingerprint density at radius 2 is 1.56 bits per heavy atom. The van der Waals surface area contributed by atoms with Gasteiger partial charge in [0.2, 0.25) is 0 Å². The van der Waals surface area contributed by atoms with Crippen LogP contribution in [-0.2, 0) is 0 Å². The molecule has 0 aliphatic carbocycles. The normalized spacial score (nSPS) is 10.4. The summed E-state index contributed by atoms with van der Waals surface area (Å²) in [6, 6.07) is 9.46. The first-order chi connectivity index (χ1) is 7.59. The number of hydrogen-bond acceptors (Lipinski definition) is 2. The van der Waals surface area contributed by atoms with Crippen molar-refractivity contribution in [3.63, 3.8) is 0 Å². The Labute approximate surface area is 92.6 Å². The highest BCUT2D eigenvalue weighted by molar-refractivity contribution is 5.68. The maximum absolute atomic E-state index is 13.5. The Hall–Kier alpha value is -2.03. The van der Waals surface area contributed by atoms with Crippen molar-refractivity contribution in [2.75, 3.05) is 0 Å². The monoisotopic (exact) mass is 218 g/mol. The Morgan fingerprint density at radius 1 is 0.938 bits per heavy atom. The summed E-state index contributed by atoms with van der Waals surface area (Å²) in [7, 11) is 0. The molecule has 0 saturated carbocycles. The van der Waals surface area contributed by atoms with Crippen LogP contribution in [0.3, 0.4) is 0 Å². The smallest absolute Gasteiger partial charge is 0.168 e. The third-order valence-electron chi connectivity index (χ3n) is 2.54. The number of halogens is 1. The van der Waals surface area contributed by atoms with E-state index in [2.05, 4.69) is 0 Å². The van der Waals surface area contributed by atoms with Gasteiger partial charge in [0, 0.05) is 0 Å². The molecule has 0 radical (unpaired) electrons. The third kappa shape index (κ3) is 1.72. The summed E-state index contributed by atoms with van der Waals surface area (Å²) in [5.41, 5.74) is 1.90. The van der Waals surface area contributed by atoms with E-state index in [4.69, 9.17) is 5.11 Å². The Bertz CT molecular complexity index is 518. The summed E-state index contributed by atoms with van der Waals surface area (Å²) in [6.45, 7) is 1.61. The minimum Gasteiger partial charge on any atom is -0.508 e. The maximum atomic E-state index is 13.5. The Morgan fingerprint density at radius 3 is 2.19 bits per heavy atom. The first kappa shape index (κ1) is 10.5. The van der Waals surface area contributed by atoms with Crippen LogP contribution in [0, 0.1) is 12.7 Å². The fourth-order valence-corrected chi connectivity index (χ4v) is 1.62. The molecule has 0 fully saturated rings. The predicted octanol–water partition coefficient (Wildman–Crippen LogP) is 3.21. The average Bonchev–Trinajstić information content (AvgIpc) is 2.28. The van der Waals surface area contributed by atoms with Crippen LogP contribution < -0.4 is 0 Å². The molecule has 0 amide bonds. The number of phenolic OH excluding ortho intramolecular Hbond substituents is 2. The highest BCUT2D eigenvalue weighted by Crippen LogP contribution is 2.30. The molecule has 0 atom stereocenters. The van der Waals surface area contributed by atoms with E-state index >= 15 is 0 Å². The number of benzene rings is 2. The molecule has 82 valence electrons. The summed E-state index contributed by atoms with van der Waals surface area (Å²) in [5, 5.41) is 18.4. The van der Waals surface area contributed by atoms with Crippen LogP contribution in [0.25, 0.3) is 11.1 Å². The molecule has 2 rings (SSSR count). The minimum absolute atomic E-state index is 0.167. The Balaban J connectivity index is 2.57. The van der Waals surface area contributed by atoms with E-state index in [9.17, 15) is 9.50 Å². The van der Waals surface area contributed by atoms with E-state index in [0.29, 0.717) is 11.1 Å². The number of aromatic hydroxyl groups is 2. The second-order valence-electron chi connectivity index (χ2n) is 3.62. The molecular weight excluding hydrogens is 207 g/mol. The summed E-state index contributed by atoms with van der Waals surface area (Å²) in [6.07, 6.45) is 0. The molecule has 0 heterocycles. The molecule has 3 heteroatoms. The molecule has 2 nitrogen and oxygen atoms in total. The molecular formula is C13H11FO2. The van der Waals surface area contributed by atoms with Gasteiger partial charge in [-0.05, 0) is 41.8 Å². The predicted molar refractivity (Wildman–Crippen MR) is 59.9 cm³/mol. The molecule has 0 saturated heterocycles. The third-order valence-corrected chi connectivity index (χ3v) is 2.54. The maximum Gasteiger partial charge on any atom is 0.168 e. The van der Waals surface area contributed by atoms with Crippen molar-refractivity contribution in [1.82, 2.24) is 0 Å². The van der Waals surface area contributed by atoms with Gasteiger partial charge in [-0.15, -0.1) is 0 Å². The van der Waals surface area contributed by atoms with Crippen LogP contribution in [0.4, 0.5) is 4.39 Å². The number of hydrogen-bond donors (Lipinski definition) is 2. The van der Waals surface area contributed by atoms with Crippen molar-refractivity contribution in [1.29, 1.82) is 0 Å². The topological polar surface area (TPSA) is 40.5 Å². The van der Waals surface area contributed by atoms with Gasteiger partial charge in [-0.25, -0.2) is 4.39 Å². The largest absolute Gasteiger partial charge is 0.508 e. The van der Waals surface area contributed by atoms with E-state index in [1.807, 2.05) is 0 Å². The molecule has 0 aromatic heterocycles. The second-order valence-corrected chi connectivity index (χ2v) is 3.62. The standard InChI is InChI=1S/C13H11FO2/c1-8-11(6-7-12(16)13(8)14)9-2-4-10(15)5-3-9/h2-7,15-16H,1H3. The zero-order chi connectivity index (χ0) is 11.7. The van der Waals surface area contributed by atoms with E-state index in [1.165, 1.54) is 6.07 Å². The fraction of sp³-hybridized carbons (Fsp3) is 0.0769. The van der Waals surface area contributed by atoms with E-state index in [1.54, 1.807) is 37.3 Å². The van der Waals surface area contributed by atoms with Gasteiger partial charge in [0.05, 0.1) is 0 Å².